The summed E-state index contributed by atoms with van der Waals surface area (Å²) >= 11 is 0. The summed E-state index contributed by atoms with van der Waals surface area (Å²) in [5.41, 5.74) is 0. The molecule has 106 valence electrons. The zero-order valence-electron chi connectivity index (χ0n) is 12.5. The molecule has 1 heterocycles. The van der Waals surface area contributed by atoms with E-state index in [0.29, 0.717) is 12.1 Å². The zero-order chi connectivity index (χ0) is 13.0. The van der Waals surface area contributed by atoms with Gasteiger partial charge in [0.1, 0.15) is 0 Å². The fourth-order valence-corrected chi connectivity index (χ4v) is 4.05. The van der Waals surface area contributed by atoms with Gasteiger partial charge in [0.2, 0.25) is 0 Å². The van der Waals surface area contributed by atoms with Crippen molar-refractivity contribution in [3.63, 3.8) is 0 Å². The Labute approximate surface area is 113 Å². The first-order chi connectivity index (χ1) is 8.72. The van der Waals surface area contributed by atoms with Gasteiger partial charge < -0.3 is 10.2 Å². The molecule has 2 rings (SSSR count). The van der Waals surface area contributed by atoms with Gasteiger partial charge in [0.15, 0.2) is 0 Å². The molecule has 2 fully saturated rings. The average molecular weight is 253 g/mol. The van der Waals surface area contributed by atoms with Gasteiger partial charge in [0.05, 0.1) is 0 Å². The van der Waals surface area contributed by atoms with Gasteiger partial charge in [0.25, 0.3) is 0 Å². The second-order valence-corrected chi connectivity index (χ2v) is 6.37. The highest BCUT2D eigenvalue weighted by Crippen LogP contribution is 2.27. The molecule has 2 atom stereocenters. The number of nitrogens with zero attached hydrogens (tertiary/aromatic N) is 2. The minimum atomic E-state index is 0.701. The van der Waals surface area contributed by atoms with E-state index in [9.17, 15) is 0 Å². The normalized spacial score (nSPS) is 33.5. The maximum Gasteiger partial charge on any atom is 0.0353 e. The second-order valence-electron chi connectivity index (χ2n) is 6.37. The molecule has 0 aromatic rings. The van der Waals surface area contributed by atoms with Crippen molar-refractivity contribution < 1.29 is 0 Å². The van der Waals surface area contributed by atoms with Crippen molar-refractivity contribution in [3.8, 4) is 0 Å². The molecule has 1 saturated heterocycles. The highest BCUT2D eigenvalue weighted by atomic mass is 15.3. The molecule has 1 aliphatic heterocycles. The largest absolute Gasteiger partial charge is 0.318 e. The van der Waals surface area contributed by atoms with Gasteiger partial charge in [-0.2, -0.15) is 0 Å². The topological polar surface area (TPSA) is 18.5 Å². The van der Waals surface area contributed by atoms with E-state index in [1.54, 1.807) is 0 Å². The maximum atomic E-state index is 3.39. The minimum Gasteiger partial charge on any atom is -0.318 e. The summed E-state index contributed by atoms with van der Waals surface area (Å²) < 4.78 is 0. The molecule has 1 N–H and O–H groups in total. The Balaban J connectivity index is 2.04. The van der Waals surface area contributed by atoms with E-state index in [4.69, 9.17) is 0 Å². The molecule has 3 nitrogen and oxygen atoms in total. The lowest BCUT2D eigenvalue weighted by Crippen LogP contribution is -2.62. The highest BCUT2D eigenvalue weighted by Gasteiger charge is 2.34. The lowest BCUT2D eigenvalue weighted by atomic mass is 9.98. The summed E-state index contributed by atoms with van der Waals surface area (Å²) in [6, 6.07) is 2.26. The Morgan fingerprint density at radius 2 is 1.72 bits per heavy atom. The monoisotopic (exact) mass is 253 g/mol. The maximum absolute atomic E-state index is 3.39. The molecule has 18 heavy (non-hydrogen) atoms. The van der Waals surface area contributed by atoms with Crippen molar-refractivity contribution >= 4 is 0 Å². The summed E-state index contributed by atoms with van der Waals surface area (Å²) in [7, 11) is 4.36. The van der Waals surface area contributed by atoms with Crippen LogP contribution in [0.15, 0.2) is 0 Å². The molecule has 0 amide bonds. The third kappa shape index (κ3) is 3.46. The van der Waals surface area contributed by atoms with Gasteiger partial charge in [-0.25, -0.2) is 0 Å². The van der Waals surface area contributed by atoms with Crippen LogP contribution >= 0.6 is 0 Å². The Hall–Kier alpha value is -0.120. The van der Waals surface area contributed by atoms with E-state index in [-0.39, 0.29) is 0 Å². The third-order valence-corrected chi connectivity index (χ3v) is 4.71. The Kier molecular flexibility index (Phi) is 5.46. The Morgan fingerprint density at radius 3 is 2.33 bits per heavy atom. The van der Waals surface area contributed by atoms with Crippen molar-refractivity contribution in [1.29, 1.82) is 0 Å². The first kappa shape index (κ1) is 14.3. The number of rotatable bonds is 3. The second kappa shape index (κ2) is 6.88. The minimum absolute atomic E-state index is 0.701. The van der Waals surface area contributed by atoms with Gasteiger partial charge in [-0.15, -0.1) is 0 Å². The zero-order valence-corrected chi connectivity index (χ0v) is 12.5. The average Bonchev–Trinajstić information content (AvgIpc) is 2.57. The van der Waals surface area contributed by atoms with Gasteiger partial charge in [-0.3, -0.25) is 4.90 Å². The van der Waals surface area contributed by atoms with Crippen LogP contribution in [0.3, 0.4) is 0 Å². The van der Waals surface area contributed by atoms with Gasteiger partial charge >= 0.3 is 0 Å². The van der Waals surface area contributed by atoms with Crippen LogP contribution in [0.5, 0.6) is 0 Å². The standard InChI is InChI=1S/C15H31N3/c1-13-11-17(3)12-15(10-16-2)18(13)14-8-6-4-5-7-9-14/h13-16H,4-12H2,1-3H3. The van der Waals surface area contributed by atoms with E-state index in [1.165, 1.54) is 51.6 Å². The van der Waals surface area contributed by atoms with Crippen LogP contribution < -0.4 is 5.32 Å². The number of hydrogen-bond acceptors (Lipinski definition) is 3. The Morgan fingerprint density at radius 1 is 1.06 bits per heavy atom. The van der Waals surface area contributed by atoms with Crippen molar-refractivity contribution in [3.05, 3.63) is 0 Å². The van der Waals surface area contributed by atoms with Gasteiger partial charge in [-0.1, -0.05) is 25.7 Å². The molecule has 3 heteroatoms. The van der Waals surface area contributed by atoms with E-state index in [2.05, 4.69) is 36.1 Å². The van der Waals surface area contributed by atoms with Crippen molar-refractivity contribution in [2.45, 2.75) is 63.6 Å². The van der Waals surface area contributed by atoms with Crippen molar-refractivity contribution in [1.82, 2.24) is 15.1 Å². The van der Waals surface area contributed by atoms with E-state index >= 15 is 0 Å². The molecule has 0 bridgehead atoms. The molecular formula is C15H31N3. The van der Waals surface area contributed by atoms with Crippen LogP contribution in [0.4, 0.5) is 0 Å². The molecule has 0 aromatic heterocycles. The first-order valence-electron chi connectivity index (χ1n) is 7.83. The number of hydrogen-bond donors (Lipinski definition) is 1. The predicted molar refractivity (Wildman–Crippen MR) is 78.0 cm³/mol. The van der Waals surface area contributed by atoms with E-state index in [1.807, 2.05) is 0 Å². The van der Waals surface area contributed by atoms with Gasteiger partial charge in [-0.05, 0) is 33.9 Å². The summed E-state index contributed by atoms with van der Waals surface area (Å²) in [6.45, 7) is 6.01. The lowest BCUT2D eigenvalue weighted by molar-refractivity contribution is 0.00453. The van der Waals surface area contributed by atoms with E-state index < -0.39 is 0 Å². The van der Waals surface area contributed by atoms with Crippen LogP contribution in [0.25, 0.3) is 0 Å². The molecule has 1 aliphatic carbocycles. The molecule has 1 saturated carbocycles. The molecule has 0 spiro atoms. The number of likely N-dealkylation sites (N-methyl/N-ethyl adjacent to an activating group) is 2. The SMILES string of the molecule is CNCC1CN(C)CC(C)N1C1CCCCCC1. The molecule has 0 radical (unpaired) electrons. The third-order valence-electron chi connectivity index (χ3n) is 4.71. The molecule has 2 unspecified atom stereocenters. The summed E-state index contributed by atoms with van der Waals surface area (Å²) in [6.07, 6.45) is 8.64. The van der Waals surface area contributed by atoms with Crippen LogP contribution in [0.2, 0.25) is 0 Å². The van der Waals surface area contributed by atoms with Crippen molar-refractivity contribution in [2.24, 2.45) is 0 Å². The van der Waals surface area contributed by atoms with Crippen LogP contribution in [-0.4, -0.2) is 61.7 Å². The molecular weight excluding hydrogens is 222 g/mol. The Bertz CT molecular complexity index is 234. The van der Waals surface area contributed by atoms with Crippen molar-refractivity contribution in [2.75, 3.05) is 33.7 Å². The van der Waals surface area contributed by atoms with Crippen LogP contribution in [0.1, 0.15) is 45.4 Å². The summed E-state index contributed by atoms with van der Waals surface area (Å²) in [4.78, 5) is 5.35. The fourth-order valence-electron chi connectivity index (χ4n) is 4.05. The summed E-state index contributed by atoms with van der Waals surface area (Å²) in [5, 5.41) is 3.39. The van der Waals surface area contributed by atoms with Gasteiger partial charge in [0, 0.05) is 37.8 Å². The number of piperazine rings is 1. The quantitative estimate of drug-likeness (QED) is 0.776. The predicted octanol–water partition coefficient (Wildman–Crippen LogP) is 1.93. The van der Waals surface area contributed by atoms with E-state index in [0.717, 1.165) is 12.6 Å². The number of nitrogens with one attached hydrogen (secondary N) is 1. The highest BCUT2D eigenvalue weighted by molar-refractivity contribution is 4.91. The lowest BCUT2D eigenvalue weighted by Gasteiger charge is -2.48. The smallest absolute Gasteiger partial charge is 0.0353 e. The van der Waals surface area contributed by atoms with Crippen LogP contribution in [-0.2, 0) is 0 Å². The first-order valence-corrected chi connectivity index (χ1v) is 7.83. The molecule has 0 aromatic carbocycles. The van der Waals surface area contributed by atoms with Crippen LogP contribution in [0, 0.1) is 0 Å². The summed E-state index contributed by atoms with van der Waals surface area (Å²) in [5.74, 6) is 0. The molecule has 2 aliphatic rings. The fraction of sp³-hybridized carbons (Fsp3) is 1.00.